The molecule has 5 nitrogen and oxygen atoms in total. The molecule has 0 aromatic heterocycles. The van der Waals surface area contributed by atoms with Gasteiger partial charge >= 0.3 is 5.97 Å². The molecule has 3 N–H and O–H groups in total. The molecule has 6 heteroatoms. The lowest BCUT2D eigenvalue weighted by atomic mass is 9.98. The van der Waals surface area contributed by atoms with E-state index < -0.39 is 5.97 Å². The molecule has 0 radical (unpaired) electrons. The third-order valence-corrected chi connectivity index (χ3v) is 6.02. The van der Waals surface area contributed by atoms with Crippen molar-refractivity contribution in [3.63, 3.8) is 0 Å². The van der Waals surface area contributed by atoms with E-state index in [4.69, 9.17) is 5.11 Å². The van der Waals surface area contributed by atoms with Crippen LogP contribution in [0.5, 0.6) is 5.75 Å². The first-order valence-electron chi connectivity index (χ1n) is 10.0. The number of carbonyl (C=O) groups excluding carboxylic acids is 1. The van der Waals surface area contributed by atoms with Crippen LogP contribution in [0.2, 0.25) is 0 Å². The van der Waals surface area contributed by atoms with Crippen molar-refractivity contribution in [3.05, 3.63) is 110 Å². The van der Waals surface area contributed by atoms with Crippen LogP contribution < -0.4 is 5.32 Å². The first-order chi connectivity index (χ1) is 15.4. The standard InChI is InChI=1S/C26H20INO4/c27-22-11-3-17(4-12-22)15-28-25(30)21-10-8-18-7-9-20(24(29)23(18)14-21)13-16-1-5-19(6-2-16)26(31)32/h1-12,14,29H,13,15H2,(H,28,30)(H,31,32). The van der Waals surface area contributed by atoms with E-state index in [0.717, 1.165) is 20.1 Å². The van der Waals surface area contributed by atoms with Crippen LogP contribution in [-0.4, -0.2) is 22.1 Å². The van der Waals surface area contributed by atoms with Crippen molar-refractivity contribution in [1.29, 1.82) is 0 Å². The highest BCUT2D eigenvalue weighted by Crippen LogP contribution is 2.31. The van der Waals surface area contributed by atoms with Crippen molar-refractivity contribution in [2.24, 2.45) is 0 Å². The van der Waals surface area contributed by atoms with Gasteiger partial charge in [-0.05, 0) is 81.1 Å². The van der Waals surface area contributed by atoms with E-state index >= 15 is 0 Å². The number of carboxylic acids is 1. The van der Waals surface area contributed by atoms with Gasteiger partial charge in [0.25, 0.3) is 5.91 Å². The van der Waals surface area contributed by atoms with Gasteiger partial charge in [0.15, 0.2) is 0 Å². The molecule has 160 valence electrons. The molecule has 0 aliphatic carbocycles. The number of hydrogen-bond donors (Lipinski definition) is 3. The van der Waals surface area contributed by atoms with Gasteiger partial charge in [-0.3, -0.25) is 4.79 Å². The summed E-state index contributed by atoms with van der Waals surface area (Å²) in [7, 11) is 0. The maximum atomic E-state index is 12.7. The Bertz CT molecular complexity index is 1300. The molecule has 0 spiro atoms. The third-order valence-electron chi connectivity index (χ3n) is 5.30. The van der Waals surface area contributed by atoms with Crippen LogP contribution in [0.25, 0.3) is 10.8 Å². The second-order valence-electron chi connectivity index (χ2n) is 7.50. The number of carboxylic acid groups (broad SMARTS) is 1. The van der Waals surface area contributed by atoms with Crippen molar-refractivity contribution in [2.75, 3.05) is 0 Å². The molecule has 0 saturated heterocycles. The quantitative estimate of drug-likeness (QED) is 0.289. The largest absolute Gasteiger partial charge is 0.507 e. The fourth-order valence-electron chi connectivity index (χ4n) is 3.50. The summed E-state index contributed by atoms with van der Waals surface area (Å²) in [5.74, 6) is -1.06. The molecule has 32 heavy (non-hydrogen) atoms. The van der Waals surface area contributed by atoms with Crippen molar-refractivity contribution >= 4 is 45.2 Å². The number of hydrogen-bond acceptors (Lipinski definition) is 3. The SMILES string of the molecule is O=C(O)c1ccc(Cc2ccc3ccc(C(=O)NCc4ccc(I)cc4)cc3c2O)cc1. The number of benzene rings is 4. The van der Waals surface area contributed by atoms with Crippen molar-refractivity contribution < 1.29 is 19.8 Å². The zero-order valence-electron chi connectivity index (χ0n) is 17.0. The summed E-state index contributed by atoms with van der Waals surface area (Å²) in [5.41, 5.74) is 3.30. The molecule has 4 rings (SSSR count). The second kappa shape index (κ2) is 9.40. The van der Waals surface area contributed by atoms with Crippen LogP contribution in [0.1, 0.15) is 37.4 Å². The van der Waals surface area contributed by atoms with Gasteiger partial charge in [-0.1, -0.05) is 42.5 Å². The molecular formula is C26H20INO4. The summed E-state index contributed by atoms with van der Waals surface area (Å²) < 4.78 is 1.14. The Balaban J connectivity index is 1.54. The Hall–Kier alpha value is -3.39. The minimum atomic E-state index is -0.974. The zero-order valence-corrected chi connectivity index (χ0v) is 19.2. The Morgan fingerprint density at radius 1 is 0.812 bits per heavy atom. The van der Waals surface area contributed by atoms with Crippen LogP contribution in [0.15, 0.2) is 78.9 Å². The van der Waals surface area contributed by atoms with E-state index in [1.165, 1.54) is 0 Å². The zero-order chi connectivity index (χ0) is 22.7. The third kappa shape index (κ3) is 4.91. The minimum absolute atomic E-state index is 0.122. The molecule has 0 aliphatic heterocycles. The van der Waals surface area contributed by atoms with E-state index in [1.807, 2.05) is 42.5 Å². The average Bonchev–Trinajstić information content (AvgIpc) is 2.80. The molecular weight excluding hydrogens is 517 g/mol. The fraction of sp³-hybridized carbons (Fsp3) is 0.0769. The van der Waals surface area contributed by atoms with Gasteiger partial charge in [-0.25, -0.2) is 4.79 Å². The fourth-order valence-corrected chi connectivity index (χ4v) is 3.86. The van der Waals surface area contributed by atoms with Crippen molar-refractivity contribution in [3.8, 4) is 5.75 Å². The normalized spacial score (nSPS) is 10.8. The lowest BCUT2D eigenvalue weighted by Gasteiger charge is -2.11. The highest BCUT2D eigenvalue weighted by Gasteiger charge is 2.12. The number of halogens is 1. The molecule has 0 fully saturated rings. The van der Waals surface area contributed by atoms with Gasteiger partial charge in [0.2, 0.25) is 0 Å². The first kappa shape index (κ1) is 21.8. The van der Waals surface area contributed by atoms with Gasteiger partial charge in [0.1, 0.15) is 5.75 Å². The Morgan fingerprint density at radius 3 is 2.12 bits per heavy atom. The number of aromatic carboxylic acids is 1. The number of aromatic hydroxyl groups is 1. The van der Waals surface area contributed by atoms with Crippen LogP contribution in [0.3, 0.4) is 0 Å². The average molecular weight is 537 g/mol. The van der Waals surface area contributed by atoms with Gasteiger partial charge in [0, 0.05) is 27.5 Å². The number of fused-ring (bicyclic) bond motifs is 1. The number of rotatable bonds is 6. The van der Waals surface area contributed by atoms with Gasteiger partial charge in [0.05, 0.1) is 5.56 Å². The minimum Gasteiger partial charge on any atom is -0.507 e. The van der Waals surface area contributed by atoms with E-state index in [-0.39, 0.29) is 17.2 Å². The highest BCUT2D eigenvalue weighted by molar-refractivity contribution is 14.1. The summed E-state index contributed by atoms with van der Waals surface area (Å²) in [6.07, 6.45) is 0.449. The molecule has 0 bridgehead atoms. The van der Waals surface area contributed by atoms with E-state index in [0.29, 0.717) is 29.5 Å². The smallest absolute Gasteiger partial charge is 0.335 e. The molecule has 1 amide bonds. The number of amides is 1. The predicted octanol–water partition coefficient (Wildman–Crippen LogP) is 5.37. The summed E-state index contributed by atoms with van der Waals surface area (Å²) in [6.45, 7) is 0.423. The van der Waals surface area contributed by atoms with Crippen molar-refractivity contribution in [2.45, 2.75) is 13.0 Å². The molecule has 4 aromatic carbocycles. The molecule has 0 atom stereocenters. The monoisotopic (exact) mass is 537 g/mol. The van der Waals surface area contributed by atoms with Crippen LogP contribution >= 0.6 is 22.6 Å². The topological polar surface area (TPSA) is 86.6 Å². The maximum Gasteiger partial charge on any atom is 0.335 e. The van der Waals surface area contributed by atoms with Gasteiger partial charge < -0.3 is 15.5 Å². The molecule has 0 heterocycles. The summed E-state index contributed by atoms with van der Waals surface area (Å²) in [5, 5.41) is 24.3. The Labute approximate surface area is 198 Å². The van der Waals surface area contributed by atoms with Crippen LogP contribution in [0, 0.1) is 3.57 Å². The number of phenolic OH excluding ortho intramolecular Hbond substituents is 1. The molecule has 0 saturated carbocycles. The molecule has 0 aliphatic rings. The van der Waals surface area contributed by atoms with Gasteiger partial charge in [-0.2, -0.15) is 0 Å². The highest BCUT2D eigenvalue weighted by atomic mass is 127. The Morgan fingerprint density at radius 2 is 1.44 bits per heavy atom. The summed E-state index contributed by atoms with van der Waals surface area (Å²) in [4.78, 5) is 23.7. The summed E-state index contributed by atoms with van der Waals surface area (Å²) >= 11 is 2.24. The first-order valence-corrected chi connectivity index (χ1v) is 11.1. The number of carbonyl (C=O) groups is 2. The maximum absolute atomic E-state index is 12.7. The number of phenols is 1. The van der Waals surface area contributed by atoms with Crippen LogP contribution in [-0.2, 0) is 13.0 Å². The lowest BCUT2D eigenvalue weighted by molar-refractivity contribution is 0.0696. The summed E-state index contributed by atoms with van der Waals surface area (Å²) in [6, 6.07) is 23.5. The van der Waals surface area contributed by atoms with Crippen molar-refractivity contribution in [1.82, 2.24) is 5.32 Å². The van der Waals surface area contributed by atoms with E-state index in [2.05, 4.69) is 27.9 Å². The molecule has 4 aromatic rings. The van der Waals surface area contributed by atoms with E-state index in [9.17, 15) is 14.7 Å². The van der Waals surface area contributed by atoms with E-state index in [1.54, 1.807) is 36.4 Å². The van der Waals surface area contributed by atoms with Gasteiger partial charge in [-0.15, -0.1) is 0 Å². The lowest BCUT2D eigenvalue weighted by Crippen LogP contribution is -2.22. The second-order valence-corrected chi connectivity index (χ2v) is 8.74. The molecule has 0 unspecified atom stereocenters. The predicted molar refractivity (Wildman–Crippen MR) is 132 cm³/mol. The Kier molecular flexibility index (Phi) is 6.41. The van der Waals surface area contributed by atoms with Crippen LogP contribution in [0.4, 0.5) is 0 Å². The number of nitrogens with one attached hydrogen (secondary N) is 1.